The number of hydrogen-bond acceptors (Lipinski definition) is 2. The predicted octanol–water partition coefficient (Wildman–Crippen LogP) is 9.06. The van der Waals surface area contributed by atoms with Crippen LogP contribution in [0.15, 0.2) is 91.1 Å². The molecule has 1 aromatic heterocycles. The van der Waals surface area contributed by atoms with Gasteiger partial charge in [-0.25, -0.2) is 0 Å². The van der Waals surface area contributed by atoms with E-state index in [1.807, 2.05) is 11.3 Å². The summed E-state index contributed by atoms with van der Waals surface area (Å²) < 4.78 is 0. The van der Waals surface area contributed by atoms with Crippen LogP contribution in [0.1, 0.15) is 48.9 Å². The Morgan fingerprint density at radius 2 is 1.57 bits per heavy atom. The van der Waals surface area contributed by atoms with Gasteiger partial charge in [-0.15, -0.1) is 11.3 Å². The van der Waals surface area contributed by atoms with Crippen molar-refractivity contribution in [2.75, 3.05) is 6.54 Å². The second kappa shape index (κ2) is 8.60. The average Bonchev–Trinajstić information content (AvgIpc) is 3.30. The fraction of sp³-hybridized carbons (Fsp3) is 0.257. The summed E-state index contributed by atoms with van der Waals surface area (Å²) in [6, 6.07) is 26.9. The van der Waals surface area contributed by atoms with Crippen molar-refractivity contribution in [3.05, 3.63) is 113 Å². The first-order valence-electron chi connectivity index (χ1n) is 13.6. The monoisotopic (exact) mass is 499 g/mol. The minimum Gasteiger partial charge on any atom is -0.391 e. The zero-order valence-corrected chi connectivity index (χ0v) is 22.6. The molecule has 2 heteroatoms. The van der Waals surface area contributed by atoms with Crippen LogP contribution >= 0.6 is 11.3 Å². The van der Waals surface area contributed by atoms with Crippen LogP contribution in [0.25, 0.3) is 38.1 Å². The fourth-order valence-corrected chi connectivity index (χ4v) is 8.56. The highest BCUT2D eigenvalue weighted by atomic mass is 32.1. The highest BCUT2D eigenvalue weighted by Crippen LogP contribution is 2.59. The number of rotatable bonds is 2. The summed E-state index contributed by atoms with van der Waals surface area (Å²) in [6.07, 6.45) is 10.5. The van der Waals surface area contributed by atoms with E-state index >= 15 is 0 Å². The first kappa shape index (κ1) is 22.8. The van der Waals surface area contributed by atoms with Crippen molar-refractivity contribution in [3.8, 4) is 32.0 Å². The Kier molecular flexibility index (Phi) is 5.30. The summed E-state index contributed by atoms with van der Waals surface area (Å²) in [5, 5.41) is 3.63. The normalized spacial score (nSPS) is 22.7. The predicted molar refractivity (Wildman–Crippen MR) is 159 cm³/mol. The molecule has 3 aliphatic rings. The van der Waals surface area contributed by atoms with Gasteiger partial charge in [0.05, 0.1) is 0 Å². The SMILES string of the molecule is CC1C=Cc2ccc3c(c2C1)C(C)(C)C1C=CNCC1c1c-3sc(-c2ccccc2)c1-c1ccccc1. The number of hydrogen-bond donors (Lipinski definition) is 1. The van der Waals surface area contributed by atoms with Crippen LogP contribution < -0.4 is 5.32 Å². The Morgan fingerprint density at radius 3 is 2.32 bits per heavy atom. The van der Waals surface area contributed by atoms with Gasteiger partial charge in [0.25, 0.3) is 0 Å². The Bertz CT molecular complexity index is 1540. The fourth-order valence-electron chi connectivity index (χ4n) is 7.12. The smallest absolute Gasteiger partial charge is 0.0430 e. The summed E-state index contributed by atoms with van der Waals surface area (Å²) in [7, 11) is 0. The van der Waals surface area contributed by atoms with Crippen LogP contribution in [-0.4, -0.2) is 6.54 Å². The molecule has 4 aromatic rings. The van der Waals surface area contributed by atoms with Gasteiger partial charge in [-0.3, -0.25) is 0 Å². The molecule has 2 aliphatic carbocycles. The zero-order chi connectivity index (χ0) is 25.1. The second-order valence-electron chi connectivity index (χ2n) is 11.5. The number of nitrogens with one attached hydrogen (secondary N) is 1. The van der Waals surface area contributed by atoms with Gasteiger partial charge in [0.1, 0.15) is 0 Å². The minimum atomic E-state index is 0.0223. The molecule has 0 fully saturated rings. The number of thiophene rings is 1. The number of benzene rings is 3. The minimum absolute atomic E-state index is 0.0223. The molecule has 0 radical (unpaired) electrons. The zero-order valence-electron chi connectivity index (χ0n) is 21.8. The molecular formula is C35H33NS. The van der Waals surface area contributed by atoms with Crippen molar-refractivity contribution < 1.29 is 0 Å². The Hall–Kier alpha value is -3.36. The number of allylic oxidation sites excluding steroid dienone is 2. The largest absolute Gasteiger partial charge is 0.391 e. The Labute approximate surface area is 224 Å². The summed E-state index contributed by atoms with van der Waals surface area (Å²) in [5.74, 6) is 1.39. The lowest BCUT2D eigenvalue weighted by Crippen LogP contribution is -2.38. The van der Waals surface area contributed by atoms with Crippen LogP contribution in [-0.2, 0) is 11.8 Å². The maximum atomic E-state index is 3.63. The summed E-state index contributed by atoms with van der Waals surface area (Å²) in [6.45, 7) is 8.32. The lowest BCUT2D eigenvalue weighted by Gasteiger charge is -2.41. The van der Waals surface area contributed by atoms with E-state index in [4.69, 9.17) is 0 Å². The van der Waals surface area contributed by atoms with Crippen molar-refractivity contribution in [2.24, 2.45) is 11.8 Å². The molecule has 0 saturated carbocycles. The van der Waals surface area contributed by atoms with Gasteiger partial charge in [0.2, 0.25) is 0 Å². The summed E-state index contributed by atoms with van der Waals surface area (Å²) in [5.41, 5.74) is 11.6. The van der Waals surface area contributed by atoms with Gasteiger partial charge in [-0.1, -0.05) is 112 Å². The quantitative estimate of drug-likeness (QED) is 0.290. The van der Waals surface area contributed by atoms with Crippen LogP contribution in [0.3, 0.4) is 0 Å². The molecule has 3 unspecified atom stereocenters. The van der Waals surface area contributed by atoms with Gasteiger partial charge in [-0.2, -0.15) is 0 Å². The first-order valence-corrected chi connectivity index (χ1v) is 14.4. The molecule has 0 amide bonds. The lowest BCUT2D eigenvalue weighted by atomic mass is 9.64. The molecule has 3 aromatic carbocycles. The summed E-state index contributed by atoms with van der Waals surface area (Å²) in [4.78, 5) is 2.86. The molecule has 184 valence electrons. The third kappa shape index (κ3) is 3.49. The first-order chi connectivity index (χ1) is 18.0. The van der Waals surface area contributed by atoms with Crippen molar-refractivity contribution in [1.82, 2.24) is 5.32 Å². The van der Waals surface area contributed by atoms with E-state index in [0.717, 1.165) is 13.0 Å². The van der Waals surface area contributed by atoms with E-state index < -0.39 is 0 Å². The van der Waals surface area contributed by atoms with Crippen LogP contribution in [0, 0.1) is 11.8 Å². The van der Waals surface area contributed by atoms with Crippen molar-refractivity contribution >= 4 is 17.4 Å². The Balaban J connectivity index is 1.61. The maximum absolute atomic E-state index is 3.63. The molecule has 37 heavy (non-hydrogen) atoms. The van der Waals surface area contributed by atoms with E-state index in [1.54, 1.807) is 11.1 Å². The van der Waals surface area contributed by atoms with E-state index in [1.165, 1.54) is 43.1 Å². The second-order valence-corrected chi connectivity index (χ2v) is 12.5. The van der Waals surface area contributed by atoms with Crippen LogP contribution in [0.4, 0.5) is 0 Å². The van der Waals surface area contributed by atoms with Crippen LogP contribution in [0.2, 0.25) is 0 Å². The third-order valence-corrected chi connectivity index (χ3v) is 10.1. The molecule has 7 rings (SSSR count). The van der Waals surface area contributed by atoms with E-state index in [-0.39, 0.29) is 5.41 Å². The third-order valence-electron chi connectivity index (χ3n) is 8.81. The highest BCUT2D eigenvalue weighted by Gasteiger charge is 2.46. The molecular weight excluding hydrogens is 466 g/mol. The van der Waals surface area contributed by atoms with Gasteiger partial charge >= 0.3 is 0 Å². The van der Waals surface area contributed by atoms with Crippen molar-refractivity contribution in [1.29, 1.82) is 0 Å². The standard InChI is InChI=1S/C35H33NS/c1-22-14-15-23-16-17-26-32(27(23)20-22)35(2,3)29-18-19-36-21-28(29)31-30(24-10-6-4-7-11-24)33(37-34(26)31)25-12-8-5-9-13-25/h4-19,22,28-29,36H,20-21H2,1-3H3. The molecule has 1 aliphatic heterocycles. The van der Waals surface area contributed by atoms with E-state index in [9.17, 15) is 0 Å². The van der Waals surface area contributed by atoms with Crippen molar-refractivity contribution in [3.63, 3.8) is 0 Å². The number of fused-ring (bicyclic) bond motifs is 7. The molecule has 3 atom stereocenters. The van der Waals surface area contributed by atoms with Gasteiger partial charge < -0.3 is 5.32 Å². The molecule has 0 bridgehead atoms. The molecule has 2 heterocycles. The maximum Gasteiger partial charge on any atom is 0.0430 e. The van der Waals surface area contributed by atoms with Crippen LogP contribution in [0.5, 0.6) is 0 Å². The molecule has 1 N–H and O–H groups in total. The van der Waals surface area contributed by atoms with E-state index in [0.29, 0.717) is 17.8 Å². The lowest BCUT2D eigenvalue weighted by molar-refractivity contribution is 0.313. The van der Waals surface area contributed by atoms with Crippen molar-refractivity contribution in [2.45, 2.75) is 38.5 Å². The molecule has 1 nitrogen and oxygen atoms in total. The van der Waals surface area contributed by atoms with E-state index in [2.05, 4.69) is 123 Å². The Morgan fingerprint density at radius 1 is 0.838 bits per heavy atom. The highest BCUT2D eigenvalue weighted by molar-refractivity contribution is 7.19. The van der Waals surface area contributed by atoms with Gasteiger partial charge in [0, 0.05) is 27.8 Å². The molecule has 0 saturated heterocycles. The van der Waals surface area contributed by atoms with Gasteiger partial charge in [0.15, 0.2) is 0 Å². The summed E-state index contributed by atoms with van der Waals surface area (Å²) >= 11 is 2.00. The average molecular weight is 500 g/mol. The molecule has 0 spiro atoms. The van der Waals surface area contributed by atoms with Gasteiger partial charge in [-0.05, 0) is 68.8 Å². The topological polar surface area (TPSA) is 12.0 Å².